The van der Waals surface area contributed by atoms with E-state index < -0.39 is 23.6 Å². The molecule has 0 saturated heterocycles. The average Bonchev–Trinajstić information content (AvgIpc) is 3.18. The molecule has 1 saturated carbocycles. The highest BCUT2D eigenvalue weighted by molar-refractivity contribution is 5.98. The van der Waals surface area contributed by atoms with Crippen LogP contribution < -0.4 is 11.1 Å². The number of imidazole rings is 1. The number of nitrogens with zero attached hydrogens (tertiary/aromatic N) is 2. The van der Waals surface area contributed by atoms with Crippen molar-refractivity contribution >= 4 is 41.8 Å². The van der Waals surface area contributed by atoms with Crippen LogP contribution in [-0.4, -0.2) is 27.5 Å². The lowest BCUT2D eigenvalue weighted by Gasteiger charge is -2.28. The number of carbonyl (C=O) groups is 1. The Hall–Kier alpha value is -1.51. The summed E-state index contributed by atoms with van der Waals surface area (Å²) in [4.78, 5) is 16.4. The van der Waals surface area contributed by atoms with Crippen LogP contribution in [0.3, 0.4) is 0 Å². The molecule has 1 amide bonds. The molecule has 5 nitrogen and oxygen atoms in total. The van der Waals surface area contributed by atoms with Crippen LogP contribution in [0.25, 0.3) is 11.0 Å². The molecule has 0 bridgehead atoms. The van der Waals surface area contributed by atoms with Crippen LogP contribution in [0.4, 0.5) is 13.2 Å². The normalized spacial score (nSPS) is 16.0. The van der Waals surface area contributed by atoms with Gasteiger partial charge in [-0.25, -0.2) is 4.98 Å². The Bertz CT molecular complexity index is 830. The predicted octanol–water partition coefficient (Wildman–Crippen LogP) is 4.48. The zero-order chi connectivity index (χ0) is 19.1. The Morgan fingerprint density at radius 3 is 2.39 bits per heavy atom. The summed E-state index contributed by atoms with van der Waals surface area (Å²) in [6, 6.07) is 4.07. The fraction of sp³-hybridized carbons (Fsp3) is 0.556. The minimum absolute atomic E-state index is 0. The zero-order valence-electron chi connectivity index (χ0n) is 15.7. The van der Waals surface area contributed by atoms with Gasteiger partial charge in [-0.3, -0.25) is 4.79 Å². The van der Waals surface area contributed by atoms with Gasteiger partial charge in [-0.1, -0.05) is 12.8 Å². The maximum absolute atomic E-state index is 13.3. The summed E-state index contributed by atoms with van der Waals surface area (Å²) in [6.45, 7) is 3.69. The van der Waals surface area contributed by atoms with Crippen molar-refractivity contribution in [2.45, 2.75) is 57.3 Å². The Morgan fingerprint density at radius 1 is 1.29 bits per heavy atom. The molecule has 1 heterocycles. The summed E-state index contributed by atoms with van der Waals surface area (Å²) in [5, 5.41) is 2.98. The number of halogens is 5. The van der Waals surface area contributed by atoms with Crippen LogP contribution in [0.5, 0.6) is 0 Å². The van der Waals surface area contributed by atoms with E-state index in [4.69, 9.17) is 5.73 Å². The van der Waals surface area contributed by atoms with Crippen LogP contribution in [0.15, 0.2) is 18.2 Å². The van der Waals surface area contributed by atoms with Crippen molar-refractivity contribution in [3.8, 4) is 0 Å². The third-order valence-electron chi connectivity index (χ3n) is 5.05. The molecule has 3 rings (SSSR count). The van der Waals surface area contributed by atoms with E-state index in [1.165, 1.54) is 18.2 Å². The van der Waals surface area contributed by atoms with Crippen molar-refractivity contribution in [1.29, 1.82) is 0 Å². The van der Waals surface area contributed by atoms with E-state index >= 15 is 0 Å². The number of carbonyl (C=O) groups excluding carboxylic acids is 1. The molecule has 3 N–H and O–H groups in total. The van der Waals surface area contributed by atoms with E-state index in [2.05, 4.69) is 10.3 Å². The molecular formula is C18H25Cl2F3N4O. The molecule has 1 fully saturated rings. The number of nitrogens with one attached hydrogen (secondary N) is 1. The number of benzene rings is 1. The first-order valence-electron chi connectivity index (χ1n) is 8.79. The summed E-state index contributed by atoms with van der Waals surface area (Å²) >= 11 is 0. The molecule has 10 heteroatoms. The highest BCUT2D eigenvalue weighted by Gasteiger charge is 2.38. The fourth-order valence-electron chi connectivity index (χ4n) is 3.71. The Balaban J connectivity index is 0.00000196. The molecule has 0 atom stereocenters. The highest BCUT2D eigenvalue weighted by Crippen LogP contribution is 2.34. The van der Waals surface area contributed by atoms with Crippen molar-refractivity contribution in [3.05, 3.63) is 29.6 Å². The lowest BCUT2D eigenvalue weighted by Crippen LogP contribution is -2.51. The minimum Gasteiger partial charge on any atom is -0.345 e. The van der Waals surface area contributed by atoms with Gasteiger partial charge in [0.15, 0.2) is 0 Å². The maximum atomic E-state index is 13.3. The van der Waals surface area contributed by atoms with Crippen LogP contribution in [0, 0.1) is 0 Å². The number of hydrogen-bond donors (Lipinski definition) is 2. The van der Waals surface area contributed by atoms with Crippen LogP contribution >= 0.6 is 24.8 Å². The van der Waals surface area contributed by atoms with Gasteiger partial charge < -0.3 is 15.6 Å². The molecule has 1 aromatic carbocycles. The number of rotatable bonds is 4. The van der Waals surface area contributed by atoms with Crippen molar-refractivity contribution in [3.63, 3.8) is 0 Å². The van der Waals surface area contributed by atoms with Gasteiger partial charge in [-0.2, -0.15) is 13.2 Å². The van der Waals surface area contributed by atoms with E-state index in [9.17, 15) is 18.0 Å². The second-order valence-corrected chi connectivity index (χ2v) is 7.25. The number of alkyl halides is 3. The Labute approximate surface area is 174 Å². The zero-order valence-corrected chi connectivity index (χ0v) is 17.3. The van der Waals surface area contributed by atoms with Gasteiger partial charge in [-0.05, 0) is 44.9 Å². The van der Waals surface area contributed by atoms with Crippen LogP contribution in [0.2, 0.25) is 0 Å². The van der Waals surface area contributed by atoms with E-state index in [-0.39, 0.29) is 36.2 Å². The molecule has 0 radical (unpaired) electrons. The summed E-state index contributed by atoms with van der Waals surface area (Å²) < 4.78 is 41.0. The lowest BCUT2D eigenvalue weighted by molar-refractivity contribution is -0.147. The van der Waals surface area contributed by atoms with Crippen molar-refractivity contribution in [2.75, 3.05) is 6.54 Å². The number of nitrogens with two attached hydrogens (primary N) is 1. The monoisotopic (exact) mass is 440 g/mol. The molecule has 0 aliphatic heterocycles. The van der Waals surface area contributed by atoms with Crippen LogP contribution in [0.1, 0.15) is 61.8 Å². The molecule has 1 aromatic heterocycles. The standard InChI is InChI=1S/C18H23F3N4O.2ClH/c1-11(2)25-14-6-5-12(9-13(14)23-16(25)18(19,20)21)15(26)24-17(10-22)7-3-4-8-17;;/h5-6,9,11H,3-4,7-8,10,22H2,1-2H3,(H,24,26);2*1H. The topological polar surface area (TPSA) is 72.9 Å². The predicted molar refractivity (Wildman–Crippen MR) is 107 cm³/mol. The maximum Gasteiger partial charge on any atom is 0.449 e. The van der Waals surface area contributed by atoms with Crippen molar-refractivity contribution < 1.29 is 18.0 Å². The Morgan fingerprint density at radius 2 is 1.89 bits per heavy atom. The second-order valence-electron chi connectivity index (χ2n) is 7.25. The van der Waals surface area contributed by atoms with Crippen molar-refractivity contribution in [2.24, 2.45) is 5.73 Å². The van der Waals surface area contributed by atoms with Gasteiger partial charge in [0.1, 0.15) is 0 Å². The largest absolute Gasteiger partial charge is 0.449 e. The minimum atomic E-state index is -4.56. The van der Waals surface area contributed by atoms with Gasteiger partial charge in [-0.15, -0.1) is 24.8 Å². The first-order valence-corrected chi connectivity index (χ1v) is 8.79. The molecule has 0 spiro atoms. The molecular weight excluding hydrogens is 416 g/mol. The molecule has 2 aromatic rings. The molecule has 1 aliphatic carbocycles. The molecule has 158 valence electrons. The SMILES string of the molecule is CC(C)n1c(C(F)(F)F)nc2cc(C(=O)NC3(CN)CCCC3)ccc21.Cl.Cl. The summed E-state index contributed by atoms with van der Waals surface area (Å²) in [6.07, 6.45) is -0.914. The van der Waals surface area contributed by atoms with Gasteiger partial charge in [0, 0.05) is 18.2 Å². The smallest absolute Gasteiger partial charge is 0.345 e. The van der Waals surface area contributed by atoms with Gasteiger partial charge in [0.25, 0.3) is 5.91 Å². The molecule has 0 unspecified atom stereocenters. The van der Waals surface area contributed by atoms with E-state index in [0.717, 1.165) is 30.3 Å². The quantitative estimate of drug-likeness (QED) is 0.735. The van der Waals surface area contributed by atoms with Gasteiger partial charge in [0.05, 0.1) is 16.6 Å². The van der Waals surface area contributed by atoms with Crippen LogP contribution in [-0.2, 0) is 6.18 Å². The number of amides is 1. The first kappa shape index (κ1) is 24.5. The molecule has 1 aliphatic rings. The third-order valence-corrected chi connectivity index (χ3v) is 5.05. The van der Waals surface area contributed by atoms with Gasteiger partial charge in [0.2, 0.25) is 5.82 Å². The number of hydrogen-bond acceptors (Lipinski definition) is 3. The van der Waals surface area contributed by atoms with Crippen molar-refractivity contribution in [1.82, 2.24) is 14.9 Å². The average molecular weight is 441 g/mol. The first-order chi connectivity index (χ1) is 12.2. The van der Waals surface area contributed by atoms with E-state index in [0.29, 0.717) is 17.6 Å². The third kappa shape index (κ3) is 4.55. The summed E-state index contributed by atoms with van der Waals surface area (Å²) in [5.74, 6) is -1.28. The summed E-state index contributed by atoms with van der Waals surface area (Å²) in [5.41, 5.74) is 6.23. The number of fused-ring (bicyclic) bond motifs is 1. The summed E-state index contributed by atoms with van der Waals surface area (Å²) in [7, 11) is 0. The van der Waals surface area contributed by atoms with E-state index in [1.54, 1.807) is 13.8 Å². The van der Waals surface area contributed by atoms with Gasteiger partial charge >= 0.3 is 6.18 Å². The fourth-order valence-corrected chi connectivity index (χ4v) is 3.71. The number of aromatic nitrogens is 2. The highest BCUT2D eigenvalue weighted by atomic mass is 35.5. The second kappa shape index (κ2) is 8.88. The molecule has 28 heavy (non-hydrogen) atoms. The van der Waals surface area contributed by atoms with E-state index in [1.807, 2.05) is 0 Å². The lowest BCUT2D eigenvalue weighted by atomic mass is 9.97. The Kier molecular flexibility index (Phi) is 7.78.